The summed E-state index contributed by atoms with van der Waals surface area (Å²) in [6.45, 7) is 1.13. The zero-order valence-electron chi connectivity index (χ0n) is 11.4. The Balaban J connectivity index is 1.79. The van der Waals surface area contributed by atoms with E-state index in [1.54, 1.807) is 15.8 Å². The molecule has 0 bridgehead atoms. The summed E-state index contributed by atoms with van der Waals surface area (Å²) in [6, 6.07) is 11.8. The van der Waals surface area contributed by atoms with Gasteiger partial charge in [0, 0.05) is 23.3 Å². The third kappa shape index (κ3) is 3.01. The van der Waals surface area contributed by atoms with Crippen LogP contribution in [0.3, 0.4) is 0 Å². The maximum atomic E-state index is 12.6. The first-order valence-corrected chi connectivity index (χ1v) is 9.65. The minimum absolute atomic E-state index is 0.284. The van der Waals surface area contributed by atoms with Crippen molar-refractivity contribution in [3.05, 3.63) is 52.2 Å². The molecule has 1 aromatic heterocycles. The summed E-state index contributed by atoms with van der Waals surface area (Å²) < 4.78 is 26.8. The maximum Gasteiger partial charge on any atom is 0.243 e. The lowest BCUT2D eigenvalue weighted by Crippen LogP contribution is -2.28. The molecule has 1 aliphatic heterocycles. The van der Waals surface area contributed by atoms with Crippen molar-refractivity contribution < 1.29 is 8.42 Å². The van der Waals surface area contributed by atoms with Gasteiger partial charge in [-0.1, -0.05) is 30.3 Å². The van der Waals surface area contributed by atoms with Crippen LogP contribution in [0, 0.1) is 0 Å². The zero-order chi connectivity index (χ0) is 14.9. The summed E-state index contributed by atoms with van der Waals surface area (Å²) in [7, 11) is -3.38. The van der Waals surface area contributed by atoms with Gasteiger partial charge < -0.3 is 0 Å². The number of sulfonamides is 1. The number of rotatable bonds is 4. The Kier molecular flexibility index (Phi) is 4.36. The molecule has 1 fully saturated rings. The lowest BCUT2D eigenvalue weighted by molar-refractivity contribution is 0.473. The van der Waals surface area contributed by atoms with Crippen LogP contribution in [0.5, 0.6) is 0 Å². The summed E-state index contributed by atoms with van der Waals surface area (Å²) >= 11 is 7.15. The number of halogens is 1. The van der Waals surface area contributed by atoms with Gasteiger partial charge in [0.15, 0.2) is 0 Å². The van der Waals surface area contributed by atoms with Gasteiger partial charge in [0.1, 0.15) is 0 Å². The van der Waals surface area contributed by atoms with Crippen molar-refractivity contribution in [2.45, 2.75) is 23.1 Å². The molecule has 0 N–H and O–H groups in total. The fourth-order valence-electron chi connectivity index (χ4n) is 2.66. The topological polar surface area (TPSA) is 37.4 Å². The highest BCUT2D eigenvalue weighted by molar-refractivity contribution is 7.89. The second-order valence-corrected chi connectivity index (χ2v) is 8.34. The van der Waals surface area contributed by atoms with Crippen LogP contribution in [0.1, 0.15) is 22.8 Å². The Labute approximate surface area is 134 Å². The Bertz CT molecular complexity index is 712. The highest BCUT2D eigenvalue weighted by atomic mass is 35.5. The van der Waals surface area contributed by atoms with Gasteiger partial charge in [0.2, 0.25) is 10.0 Å². The molecule has 6 heteroatoms. The van der Waals surface area contributed by atoms with Crippen molar-refractivity contribution in [1.29, 1.82) is 0 Å². The molecule has 1 saturated heterocycles. The highest BCUT2D eigenvalue weighted by Crippen LogP contribution is 2.32. The normalized spacial score (nSPS) is 20.0. The summed E-state index contributed by atoms with van der Waals surface area (Å²) in [6.07, 6.45) is 0.871. The lowest BCUT2D eigenvalue weighted by Gasteiger charge is -2.15. The predicted molar refractivity (Wildman–Crippen MR) is 86.4 cm³/mol. The number of alkyl halides is 1. The van der Waals surface area contributed by atoms with E-state index in [1.165, 1.54) is 16.9 Å². The van der Waals surface area contributed by atoms with Crippen molar-refractivity contribution in [2.24, 2.45) is 0 Å². The largest absolute Gasteiger partial charge is 0.243 e. The molecule has 0 radical (unpaired) electrons. The van der Waals surface area contributed by atoms with Crippen LogP contribution in [0.25, 0.3) is 0 Å². The standard InChI is InChI=1S/C15H16ClNO2S2/c16-9-14-8-15(11-20-14)21(18,19)17-7-6-13(10-17)12-4-2-1-3-5-12/h1-5,8,11,13H,6-7,9-10H2. The molecule has 1 aliphatic rings. The molecule has 2 heterocycles. The lowest BCUT2D eigenvalue weighted by atomic mass is 9.99. The van der Waals surface area contributed by atoms with E-state index in [4.69, 9.17) is 11.6 Å². The quantitative estimate of drug-likeness (QED) is 0.796. The third-order valence-electron chi connectivity index (χ3n) is 3.82. The van der Waals surface area contributed by atoms with E-state index in [0.29, 0.717) is 23.9 Å². The molecule has 1 unspecified atom stereocenters. The maximum absolute atomic E-state index is 12.6. The smallest absolute Gasteiger partial charge is 0.207 e. The van der Waals surface area contributed by atoms with Crippen LogP contribution in [-0.2, 0) is 15.9 Å². The number of thiophene rings is 1. The van der Waals surface area contributed by atoms with Crippen LogP contribution in [-0.4, -0.2) is 25.8 Å². The fraction of sp³-hybridized carbons (Fsp3) is 0.333. The van der Waals surface area contributed by atoms with Crippen molar-refractivity contribution in [3.8, 4) is 0 Å². The molecular weight excluding hydrogens is 326 g/mol. The SMILES string of the molecule is O=S(=O)(c1csc(CCl)c1)N1CCC(c2ccccc2)C1. The van der Waals surface area contributed by atoms with Crippen molar-refractivity contribution in [2.75, 3.05) is 13.1 Å². The van der Waals surface area contributed by atoms with Crippen LogP contribution >= 0.6 is 22.9 Å². The van der Waals surface area contributed by atoms with Gasteiger partial charge in [0.25, 0.3) is 0 Å². The summed E-state index contributed by atoms with van der Waals surface area (Å²) in [5, 5.41) is 1.68. The van der Waals surface area contributed by atoms with E-state index >= 15 is 0 Å². The molecular formula is C15H16ClNO2S2. The second-order valence-electron chi connectivity index (χ2n) is 5.14. The molecule has 3 nitrogen and oxygen atoms in total. The van der Waals surface area contributed by atoms with Gasteiger partial charge in [0.05, 0.1) is 10.8 Å². The molecule has 1 atom stereocenters. The van der Waals surface area contributed by atoms with E-state index in [-0.39, 0.29) is 5.92 Å². The van der Waals surface area contributed by atoms with Crippen LogP contribution in [0.15, 0.2) is 46.7 Å². The number of nitrogens with zero attached hydrogens (tertiary/aromatic N) is 1. The first kappa shape index (κ1) is 15.0. The number of hydrogen-bond acceptors (Lipinski definition) is 3. The molecule has 0 spiro atoms. The zero-order valence-corrected chi connectivity index (χ0v) is 13.8. The number of benzene rings is 1. The van der Waals surface area contributed by atoms with Gasteiger partial charge >= 0.3 is 0 Å². The summed E-state index contributed by atoms with van der Waals surface area (Å²) in [5.41, 5.74) is 1.21. The van der Waals surface area contributed by atoms with E-state index in [2.05, 4.69) is 12.1 Å². The molecule has 2 aromatic rings. The third-order valence-corrected chi connectivity index (χ3v) is 7.20. The molecule has 0 aliphatic carbocycles. The highest BCUT2D eigenvalue weighted by Gasteiger charge is 2.33. The first-order chi connectivity index (χ1) is 10.1. The Morgan fingerprint density at radius 1 is 1.29 bits per heavy atom. The van der Waals surface area contributed by atoms with Crippen LogP contribution in [0.4, 0.5) is 0 Å². The van der Waals surface area contributed by atoms with Crippen molar-refractivity contribution in [3.63, 3.8) is 0 Å². The summed E-state index contributed by atoms with van der Waals surface area (Å²) in [4.78, 5) is 1.26. The molecule has 21 heavy (non-hydrogen) atoms. The van der Waals surface area contributed by atoms with Crippen LogP contribution < -0.4 is 0 Å². The van der Waals surface area contributed by atoms with Gasteiger partial charge in [-0.3, -0.25) is 0 Å². The van der Waals surface area contributed by atoms with E-state index in [1.807, 2.05) is 18.2 Å². The Morgan fingerprint density at radius 3 is 2.71 bits per heavy atom. The average molecular weight is 342 g/mol. The van der Waals surface area contributed by atoms with E-state index < -0.39 is 10.0 Å². The Morgan fingerprint density at radius 2 is 2.05 bits per heavy atom. The van der Waals surface area contributed by atoms with E-state index in [9.17, 15) is 8.42 Å². The summed E-state index contributed by atoms with van der Waals surface area (Å²) in [5.74, 6) is 0.638. The molecule has 0 amide bonds. The average Bonchev–Trinajstić information content (AvgIpc) is 3.18. The monoisotopic (exact) mass is 341 g/mol. The minimum Gasteiger partial charge on any atom is -0.207 e. The van der Waals surface area contributed by atoms with Crippen molar-refractivity contribution in [1.82, 2.24) is 4.31 Å². The first-order valence-electron chi connectivity index (χ1n) is 6.80. The molecule has 3 rings (SSSR count). The second kappa shape index (κ2) is 6.08. The van der Waals surface area contributed by atoms with Gasteiger partial charge in [-0.2, -0.15) is 4.31 Å². The Hall–Kier alpha value is -0.880. The van der Waals surface area contributed by atoms with Crippen LogP contribution in [0.2, 0.25) is 0 Å². The van der Waals surface area contributed by atoms with Crippen molar-refractivity contribution >= 4 is 33.0 Å². The molecule has 0 saturated carbocycles. The van der Waals surface area contributed by atoms with Gasteiger partial charge in [-0.15, -0.1) is 22.9 Å². The predicted octanol–water partition coefficient (Wildman–Crippen LogP) is 3.67. The minimum atomic E-state index is -3.38. The van der Waals surface area contributed by atoms with Gasteiger partial charge in [-0.25, -0.2) is 8.42 Å². The van der Waals surface area contributed by atoms with E-state index in [0.717, 1.165) is 11.3 Å². The molecule has 112 valence electrons. The molecule has 1 aromatic carbocycles. The van der Waals surface area contributed by atoms with Gasteiger partial charge in [-0.05, 0) is 24.0 Å². The number of hydrogen-bond donors (Lipinski definition) is 0. The fourth-order valence-corrected chi connectivity index (χ4v) is 5.54.